The van der Waals surface area contributed by atoms with Gasteiger partial charge in [0.05, 0.1) is 17.3 Å². The number of carbonyl (C=O) groups excluding carboxylic acids is 1. The molecule has 2 fully saturated rings. The van der Waals surface area contributed by atoms with Crippen molar-refractivity contribution in [2.45, 2.75) is 76.3 Å². The molecule has 0 amide bonds. The van der Waals surface area contributed by atoms with E-state index in [2.05, 4.69) is 15.3 Å². The van der Waals surface area contributed by atoms with Crippen LogP contribution in [0.4, 0.5) is 5.69 Å². The van der Waals surface area contributed by atoms with Gasteiger partial charge in [0.15, 0.2) is 0 Å². The SMILES string of the molecule is [N-]=[N+]=Nc1ccccc1C(=O)OC(=NC1CCCCC1)NC1CCCCC1. The first-order chi connectivity index (χ1) is 13.3. The van der Waals surface area contributed by atoms with Crippen LogP contribution in [0.1, 0.15) is 74.6 Å². The maximum absolute atomic E-state index is 12.7. The van der Waals surface area contributed by atoms with E-state index in [1.165, 1.54) is 38.5 Å². The number of carbonyl (C=O) groups is 1. The summed E-state index contributed by atoms with van der Waals surface area (Å²) in [5.74, 6) is -0.545. The lowest BCUT2D eigenvalue weighted by molar-refractivity contribution is 0.0704. The molecular formula is C20H27N5O2. The molecule has 0 heterocycles. The number of azide groups is 1. The van der Waals surface area contributed by atoms with E-state index in [4.69, 9.17) is 15.3 Å². The molecule has 0 aromatic heterocycles. The van der Waals surface area contributed by atoms with Crippen molar-refractivity contribution in [2.75, 3.05) is 0 Å². The quantitative estimate of drug-likeness (QED) is 0.192. The number of amidine groups is 1. The van der Waals surface area contributed by atoms with Gasteiger partial charge in [-0.3, -0.25) is 0 Å². The van der Waals surface area contributed by atoms with Crippen LogP contribution >= 0.6 is 0 Å². The molecule has 1 N–H and O–H groups in total. The van der Waals surface area contributed by atoms with E-state index < -0.39 is 5.97 Å². The first kappa shape index (κ1) is 19.2. The van der Waals surface area contributed by atoms with E-state index in [0.717, 1.165) is 25.7 Å². The smallest absolute Gasteiger partial charge is 0.346 e. The summed E-state index contributed by atoms with van der Waals surface area (Å²) in [5.41, 5.74) is 9.22. The van der Waals surface area contributed by atoms with E-state index in [1.807, 2.05) is 0 Å². The van der Waals surface area contributed by atoms with Crippen molar-refractivity contribution in [2.24, 2.45) is 10.1 Å². The maximum atomic E-state index is 12.7. The third kappa shape index (κ3) is 5.73. The van der Waals surface area contributed by atoms with Crippen LogP contribution in [-0.4, -0.2) is 24.1 Å². The minimum Gasteiger partial charge on any atom is -0.389 e. The van der Waals surface area contributed by atoms with Crippen molar-refractivity contribution in [1.82, 2.24) is 5.32 Å². The predicted octanol–water partition coefficient (Wildman–Crippen LogP) is 5.40. The lowest BCUT2D eigenvalue weighted by Crippen LogP contribution is -2.39. The fourth-order valence-electron chi connectivity index (χ4n) is 3.82. The Bertz CT molecular complexity index is 715. The van der Waals surface area contributed by atoms with Crippen molar-refractivity contribution in [1.29, 1.82) is 0 Å². The molecule has 0 aliphatic heterocycles. The summed E-state index contributed by atoms with van der Waals surface area (Å²) in [5, 5.41) is 6.94. The fourth-order valence-corrected chi connectivity index (χ4v) is 3.82. The molecule has 2 aliphatic rings. The van der Waals surface area contributed by atoms with Crippen molar-refractivity contribution in [3.8, 4) is 0 Å². The third-order valence-electron chi connectivity index (χ3n) is 5.27. The van der Waals surface area contributed by atoms with Crippen LogP contribution in [0.2, 0.25) is 0 Å². The van der Waals surface area contributed by atoms with E-state index in [-0.39, 0.29) is 17.3 Å². The highest BCUT2D eigenvalue weighted by molar-refractivity contribution is 6.01. The van der Waals surface area contributed by atoms with Crippen LogP contribution in [-0.2, 0) is 4.74 Å². The fraction of sp³-hybridized carbons (Fsp3) is 0.600. The van der Waals surface area contributed by atoms with Crippen LogP contribution in [0.15, 0.2) is 34.4 Å². The molecule has 1 aromatic carbocycles. The number of esters is 1. The van der Waals surface area contributed by atoms with E-state index in [0.29, 0.717) is 12.1 Å². The van der Waals surface area contributed by atoms with Gasteiger partial charge >= 0.3 is 5.97 Å². The van der Waals surface area contributed by atoms with E-state index in [1.54, 1.807) is 24.3 Å². The van der Waals surface area contributed by atoms with E-state index in [9.17, 15) is 4.79 Å². The summed E-state index contributed by atoms with van der Waals surface area (Å²) in [4.78, 5) is 20.2. The van der Waals surface area contributed by atoms with Crippen LogP contribution in [0.3, 0.4) is 0 Å². The number of rotatable bonds is 4. The monoisotopic (exact) mass is 369 g/mol. The average Bonchev–Trinajstić information content (AvgIpc) is 2.70. The highest BCUT2D eigenvalue weighted by Gasteiger charge is 2.21. The van der Waals surface area contributed by atoms with Gasteiger partial charge in [0.1, 0.15) is 0 Å². The Morgan fingerprint density at radius 2 is 1.70 bits per heavy atom. The minimum absolute atomic E-state index is 0.199. The lowest BCUT2D eigenvalue weighted by Gasteiger charge is -2.25. The summed E-state index contributed by atoms with van der Waals surface area (Å²) in [6.07, 6.45) is 11.4. The number of ether oxygens (including phenoxy) is 1. The molecule has 2 saturated carbocycles. The van der Waals surface area contributed by atoms with E-state index >= 15 is 0 Å². The maximum Gasteiger partial charge on any atom is 0.346 e. The lowest BCUT2D eigenvalue weighted by atomic mass is 9.95. The zero-order valence-corrected chi connectivity index (χ0v) is 15.6. The first-order valence-corrected chi connectivity index (χ1v) is 9.97. The van der Waals surface area contributed by atoms with Gasteiger partial charge in [-0.2, -0.15) is 0 Å². The van der Waals surface area contributed by atoms with Crippen LogP contribution in [0, 0.1) is 0 Å². The molecule has 0 bridgehead atoms. The van der Waals surface area contributed by atoms with Gasteiger partial charge in [0, 0.05) is 11.0 Å². The highest BCUT2D eigenvalue weighted by Crippen LogP contribution is 2.23. The number of hydrogen-bond donors (Lipinski definition) is 1. The Hall–Kier alpha value is -2.53. The molecule has 27 heavy (non-hydrogen) atoms. The molecular weight excluding hydrogens is 342 g/mol. The van der Waals surface area contributed by atoms with Crippen LogP contribution in [0.5, 0.6) is 0 Å². The third-order valence-corrected chi connectivity index (χ3v) is 5.27. The Labute approximate surface area is 159 Å². The largest absolute Gasteiger partial charge is 0.389 e. The standard InChI is InChI=1S/C20H27N5O2/c21-25-24-18-14-8-7-13-17(18)19(26)27-20(22-15-9-3-1-4-10-15)23-16-11-5-2-6-12-16/h7-8,13-16H,1-6,9-12H2,(H,22,23). The second-order valence-electron chi connectivity index (χ2n) is 7.30. The minimum atomic E-state index is -0.545. The van der Waals surface area contributed by atoms with Gasteiger partial charge in [-0.1, -0.05) is 61.8 Å². The predicted molar refractivity (Wildman–Crippen MR) is 105 cm³/mol. The summed E-state index contributed by atoms with van der Waals surface area (Å²) >= 11 is 0. The van der Waals surface area contributed by atoms with Crippen LogP contribution in [0.25, 0.3) is 10.4 Å². The van der Waals surface area contributed by atoms with Crippen molar-refractivity contribution in [3.63, 3.8) is 0 Å². The molecule has 0 unspecified atom stereocenters. The summed E-state index contributed by atoms with van der Waals surface area (Å²) < 4.78 is 5.65. The van der Waals surface area contributed by atoms with Crippen molar-refractivity contribution in [3.05, 3.63) is 40.3 Å². The van der Waals surface area contributed by atoms with Crippen molar-refractivity contribution >= 4 is 17.7 Å². The van der Waals surface area contributed by atoms with Gasteiger partial charge in [0.25, 0.3) is 6.02 Å². The average molecular weight is 369 g/mol. The summed E-state index contributed by atoms with van der Waals surface area (Å²) in [7, 11) is 0. The molecule has 0 saturated heterocycles. The number of hydrogen-bond acceptors (Lipinski definition) is 4. The van der Waals surface area contributed by atoms with Crippen LogP contribution < -0.4 is 5.32 Å². The number of aliphatic imine (C=N–C) groups is 1. The topological polar surface area (TPSA) is 99.5 Å². The first-order valence-electron chi connectivity index (χ1n) is 9.97. The second kappa shape index (κ2) is 9.97. The van der Waals surface area contributed by atoms with Crippen molar-refractivity contribution < 1.29 is 9.53 Å². The Kier molecular flexibility index (Phi) is 7.11. The number of nitrogens with one attached hydrogen (secondary N) is 1. The molecule has 0 radical (unpaired) electrons. The Morgan fingerprint density at radius 1 is 1.04 bits per heavy atom. The Balaban J connectivity index is 1.76. The summed E-state index contributed by atoms with van der Waals surface area (Å²) in [6.45, 7) is 0. The van der Waals surface area contributed by atoms with Gasteiger partial charge < -0.3 is 10.1 Å². The summed E-state index contributed by atoms with van der Waals surface area (Å²) in [6, 6.07) is 7.45. The molecule has 0 spiro atoms. The van der Waals surface area contributed by atoms with Gasteiger partial charge in [-0.25, -0.2) is 9.79 Å². The molecule has 7 heteroatoms. The second-order valence-corrected chi connectivity index (χ2v) is 7.30. The molecule has 0 atom stereocenters. The Morgan fingerprint density at radius 3 is 2.41 bits per heavy atom. The zero-order chi connectivity index (χ0) is 18.9. The number of nitrogens with zero attached hydrogens (tertiary/aromatic N) is 4. The molecule has 1 aromatic rings. The highest BCUT2D eigenvalue weighted by atomic mass is 16.6. The molecule has 3 rings (SSSR count). The van der Waals surface area contributed by atoms with Gasteiger partial charge in [-0.05, 0) is 37.3 Å². The molecule has 7 nitrogen and oxygen atoms in total. The normalized spacial score (nSPS) is 19.2. The van der Waals surface area contributed by atoms with Gasteiger partial charge in [0.2, 0.25) is 0 Å². The van der Waals surface area contributed by atoms with Gasteiger partial charge in [-0.15, -0.1) is 0 Å². The molecule has 144 valence electrons. The number of benzene rings is 1. The zero-order valence-electron chi connectivity index (χ0n) is 15.6. The molecule has 2 aliphatic carbocycles.